The van der Waals surface area contributed by atoms with Crippen molar-refractivity contribution >= 4 is 75.7 Å². The van der Waals surface area contributed by atoms with Gasteiger partial charge < -0.3 is 45.6 Å². The summed E-state index contributed by atoms with van der Waals surface area (Å²) in [6.45, 7) is 1.43. The van der Waals surface area contributed by atoms with Gasteiger partial charge in [0.25, 0.3) is 12.9 Å². The standard InChI is InChI=1S/C6H11NO3.C6H11NO2.C5H6O5.C4H6O4.CO2.Fe.O2.2H2S/c8-4-1-2-5(6(9)10)7-3-4;8-6(9)5-3-1-2-4-7-5;6-3-10-2-1-4(7)5(8)9;5-3-8-2-1-4(6)7;2-1-3;;1-2;;/h4-5,7-8H,1-3H2,(H,9,10);5,7H,1-4H2,(H,8,9);3H,1-2H2,(H,8,9);3H,1-2H2,(H,6,7);;;;2*1H2/q;;;;;+2;;;/t4-,5-;5-;;;;;;;/m00......./s1. The average Bonchev–Trinajstić information content (AvgIpc) is 2.96. The minimum atomic E-state index is -1.51. The zero-order chi connectivity index (χ0) is 33.3. The topological polar surface area (TPSA) is 331 Å². The normalized spacial score (nSPS) is 16.6. The van der Waals surface area contributed by atoms with E-state index in [0.717, 1.165) is 25.8 Å². The summed E-state index contributed by atoms with van der Waals surface area (Å²) >= 11 is 0. The Morgan fingerprint density at radius 1 is 0.756 bits per heavy atom. The molecule has 0 saturated carbocycles. The van der Waals surface area contributed by atoms with Crippen molar-refractivity contribution in [2.45, 2.75) is 63.1 Å². The third kappa shape index (κ3) is 45.1. The molecule has 0 radical (unpaired) electrons. The number of ketones is 1. The van der Waals surface area contributed by atoms with Gasteiger partial charge in [-0.1, -0.05) is 6.42 Å². The number of carboxylic acids is 4. The summed E-state index contributed by atoms with van der Waals surface area (Å²) in [6, 6.07) is -0.734. The van der Waals surface area contributed by atoms with Gasteiger partial charge in [0.2, 0.25) is 5.78 Å². The predicted octanol–water partition coefficient (Wildman–Crippen LogP) is -2.06. The molecule has 45 heavy (non-hydrogen) atoms. The zero-order valence-electron chi connectivity index (χ0n) is 23.6. The smallest absolute Gasteiger partial charge is 0.481 e. The molecular formula is C22H38FeN2O18S2+2. The van der Waals surface area contributed by atoms with Crippen molar-refractivity contribution < 1.29 is 95.2 Å². The molecule has 0 aromatic heterocycles. The Bertz CT molecular complexity index is 835. The van der Waals surface area contributed by atoms with E-state index in [9.17, 15) is 33.6 Å². The first-order valence-electron chi connectivity index (χ1n) is 11.7. The number of aliphatic hydroxyl groups is 1. The first kappa shape index (κ1) is 57.3. The minimum Gasteiger partial charge on any atom is -0.481 e. The van der Waals surface area contributed by atoms with Gasteiger partial charge in [0.15, 0.2) is 0 Å². The summed E-state index contributed by atoms with van der Waals surface area (Å²) in [5, 5.41) is 47.5. The Kier molecular flexibility index (Phi) is 54.3. The van der Waals surface area contributed by atoms with E-state index in [-0.39, 0.29) is 101 Å². The molecule has 23 heteroatoms. The molecule has 7 N–H and O–H groups in total. The van der Waals surface area contributed by atoms with Gasteiger partial charge in [-0.3, -0.25) is 28.8 Å². The second-order valence-electron chi connectivity index (χ2n) is 7.51. The molecule has 0 aromatic rings. The van der Waals surface area contributed by atoms with Crippen LogP contribution >= 0.6 is 27.0 Å². The zero-order valence-corrected chi connectivity index (χ0v) is 26.7. The summed E-state index contributed by atoms with van der Waals surface area (Å²) in [4.78, 5) is 99.4. The predicted molar refractivity (Wildman–Crippen MR) is 154 cm³/mol. The number of hydrogen-bond donors (Lipinski definition) is 7. The van der Waals surface area contributed by atoms with Crippen molar-refractivity contribution in [1.82, 2.24) is 10.6 Å². The van der Waals surface area contributed by atoms with Gasteiger partial charge in [0.05, 0.1) is 25.6 Å². The van der Waals surface area contributed by atoms with Crippen LogP contribution in [0.15, 0.2) is 0 Å². The number of ether oxygens (including phenoxy) is 2. The van der Waals surface area contributed by atoms with Crippen molar-refractivity contribution in [1.29, 1.82) is 0 Å². The first-order chi connectivity index (χ1) is 19.9. The fraction of sp³-hybridized carbons (Fsp3) is 0.636. The number of aliphatic hydroxyl groups excluding tert-OH is 1. The number of β-amino-alcohol motifs (C(OH)–C–C–N with tert-alkyl or cyclic N) is 1. The quantitative estimate of drug-likeness (QED) is 0.0518. The number of nitrogens with one attached hydrogen (secondary N) is 2. The molecule has 2 heterocycles. The van der Waals surface area contributed by atoms with E-state index in [2.05, 4.69) is 20.1 Å². The van der Waals surface area contributed by atoms with Crippen LogP contribution in [0.4, 0.5) is 0 Å². The van der Waals surface area contributed by atoms with E-state index in [0.29, 0.717) is 19.4 Å². The molecule has 0 aliphatic carbocycles. The van der Waals surface area contributed by atoms with Gasteiger partial charge in [-0.2, -0.15) is 36.6 Å². The van der Waals surface area contributed by atoms with Gasteiger partial charge >= 0.3 is 47.1 Å². The fourth-order valence-corrected chi connectivity index (χ4v) is 2.62. The number of Topliss-reactive ketones (excluding diaryl/α,β-unsaturated/α-hetero) is 1. The van der Waals surface area contributed by atoms with Crippen LogP contribution in [0.5, 0.6) is 0 Å². The van der Waals surface area contributed by atoms with Crippen LogP contribution in [0.3, 0.4) is 0 Å². The number of carboxylic acid groups (broad SMARTS) is 4. The van der Waals surface area contributed by atoms with Crippen LogP contribution in [0, 0.1) is 9.93 Å². The molecule has 0 amide bonds. The monoisotopic (exact) mass is 738 g/mol. The van der Waals surface area contributed by atoms with Gasteiger partial charge in [-0.05, 0) is 32.2 Å². The summed E-state index contributed by atoms with van der Waals surface area (Å²) in [5.41, 5.74) is 0. The van der Waals surface area contributed by atoms with Crippen molar-refractivity contribution in [3.8, 4) is 0 Å². The molecule has 20 nitrogen and oxygen atoms in total. The maximum atomic E-state index is 10.3. The van der Waals surface area contributed by atoms with E-state index in [1.54, 1.807) is 0 Å². The van der Waals surface area contributed by atoms with Crippen LogP contribution in [0.25, 0.3) is 0 Å². The van der Waals surface area contributed by atoms with E-state index in [1.807, 2.05) is 0 Å². The summed E-state index contributed by atoms with van der Waals surface area (Å²) in [6.07, 6.45) is 3.55. The number of hydrogen-bond acceptors (Lipinski definition) is 16. The molecule has 0 aromatic carbocycles. The number of piperidine rings is 2. The third-order valence-corrected chi connectivity index (χ3v) is 4.55. The maximum Gasteiger partial charge on any atom is 2.00 e. The minimum absolute atomic E-state index is 0. The Hall–Kier alpha value is -3.43. The van der Waals surface area contributed by atoms with Crippen LogP contribution < -0.4 is 10.6 Å². The van der Waals surface area contributed by atoms with E-state index in [4.69, 9.17) is 45.1 Å². The van der Waals surface area contributed by atoms with Crippen LogP contribution in [-0.2, 0) is 69.7 Å². The summed E-state index contributed by atoms with van der Waals surface area (Å²) in [7, 11) is 0. The summed E-state index contributed by atoms with van der Waals surface area (Å²) < 4.78 is 8.17. The van der Waals surface area contributed by atoms with E-state index in [1.165, 1.54) is 0 Å². The average molecular weight is 739 g/mol. The number of aliphatic carboxylic acids is 4. The molecule has 3 atom stereocenters. The Morgan fingerprint density at radius 2 is 1.20 bits per heavy atom. The van der Waals surface area contributed by atoms with Gasteiger partial charge in [-0.15, -0.1) is 0 Å². The van der Waals surface area contributed by atoms with Crippen molar-refractivity contribution in [3.63, 3.8) is 0 Å². The van der Waals surface area contributed by atoms with Gasteiger partial charge in [0.1, 0.15) is 18.7 Å². The van der Waals surface area contributed by atoms with E-state index >= 15 is 0 Å². The van der Waals surface area contributed by atoms with Crippen LogP contribution in [0.2, 0.25) is 0 Å². The third-order valence-electron chi connectivity index (χ3n) is 4.55. The number of carbonyl (C=O) groups excluding carboxylic acids is 5. The molecule has 0 spiro atoms. The Balaban J connectivity index is -0.0000000800. The van der Waals surface area contributed by atoms with Gasteiger partial charge in [0, 0.05) is 16.5 Å². The molecule has 262 valence electrons. The molecular weight excluding hydrogens is 700 g/mol. The molecule has 2 saturated heterocycles. The van der Waals surface area contributed by atoms with Crippen LogP contribution in [0.1, 0.15) is 44.9 Å². The number of rotatable bonds is 11. The Morgan fingerprint density at radius 3 is 1.49 bits per heavy atom. The second-order valence-corrected chi connectivity index (χ2v) is 7.51. The van der Waals surface area contributed by atoms with Crippen molar-refractivity contribution in [2.75, 3.05) is 26.3 Å². The van der Waals surface area contributed by atoms with Gasteiger partial charge in [-0.25, -0.2) is 4.79 Å². The molecule has 2 aliphatic rings. The van der Waals surface area contributed by atoms with E-state index < -0.39 is 35.7 Å². The van der Waals surface area contributed by atoms with Crippen molar-refractivity contribution in [2.24, 2.45) is 0 Å². The first-order valence-corrected chi connectivity index (χ1v) is 11.7. The summed E-state index contributed by atoms with van der Waals surface area (Å²) in [5.74, 6) is -4.97. The van der Waals surface area contributed by atoms with Crippen LogP contribution in [-0.4, -0.2) is 119 Å². The molecule has 0 unspecified atom stereocenters. The van der Waals surface area contributed by atoms with Crippen molar-refractivity contribution in [3.05, 3.63) is 9.93 Å². The number of carbonyl (C=O) groups is 7. The second kappa shape index (κ2) is 42.7. The largest absolute Gasteiger partial charge is 2.00 e. The Labute approximate surface area is 280 Å². The molecule has 2 rings (SSSR count). The fourth-order valence-electron chi connectivity index (χ4n) is 2.62. The molecule has 2 fully saturated rings. The maximum absolute atomic E-state index is 10.3. The molecule has 0 bridgehead atoms. The molecule has 2 aliphatic heterocycles. The SMILES string of the molecule is O=C(O)[C@@H]1CCCCN1.O=C(O)[C@@H]1CC[C@H](O)CN1.O=C=O.O=COCCC(=O)C(=O)O.O=COCCC(=O)O.O=O.S.S.[Fe+2].